The van der Waals surface area contributed by atoms with Crippen LogP contribution < -0.4 is 10.6 Å². The number of hydrogen-bond acceptors (Lipinski definition) is 7. The molecule has 0 spiro atoms. The lowest BCUT2D eigenvalue weighted by molar-refractivity contribution is 0.0776. The van der Waals surface area contributed by atoms with E-state index in [9.17, 15) is 9.59 Å². The van der Waals surface area contributed by atoms with Crippen molar-refractivity contribution in [2.45, 2.75) is 20.0 Å². The fourth-order valence-corrected chi connectivity index (χ4v) is 3.63. The Morgan fingerprint density at radius 3 is 2.78 bits per heavy atom. The van der Waals surface area contributed by atoms with Crippen LogP contribution in [0.25, 0.3) is 0 Å². The first-order valence-electron chi connectivity index (χ1n) is 8.06. The molecule has 3 aromatic heterocycles. The number of thiazole rings is 1. The molecule has 0 bridgehead atoms. The predicted octanol–water partition coefficient (Wildman–Crippen LogP) is 2.90. The number of nitrogens with one attached hydrogen (secondary N) is 2. The minimum Gasteiger partial charge on any atom is -0.334 e. The molecule has 0 atom stereocenters. The van der Waals surface area contributed by atoms with Crippen molar-refractivity contribution in [3.05, 3.63) is 57.2 Å². The third-order valence-corrected chi connectivity index (χ3v) is 5.17. The largest absolute Gasteiger partial charge is 0.334 e. The number of aryl methyl sites for hydroxylation is 1. The number of nitrogens with zero attached hydrogens (tertiary/aromatic N) is 4. The second-order valence-electron chi connectivity index (χ2n) is 5.73. The van der Waals surface area contributed by atoms with Crippen LogP contribution in [0.4, 0.5) is 9.93 Å². The van der Waals surface area contributed by atoms with Gasteiger partial charge in [0.2, 0.25) is 0 Å². The lowest BCUT2D eigenvalue weighted by Gasteiger charge is -2.15. The summed E-state index contributed by atoms with van der Waals surface area (Å²) in [6.07, 6.45) is 3.04. The summed E-state index contributed by atoms with van der Waals surface area (Å²) in [4.78, 5) is 38.5. The van der Waals surface area contributed by atoms with E-state index < -0.39 is 0 Å². The number of urea groups is 1. The van der Waals surface area contributed by atoms with E-state index in [4.69, 9.17) is 0 Å². The van der Waals surface area contributed by atoms with Crippen LogP contribution in [0.3, 0.4) is 0 Å². The van der Waals surface area contributed by atoms with Crippen molar-refractivity contribution in [2.24, 2.45) is 0 Å². The molecule has 3 amide bonds. The highest BCUT2D eigenvalue weighted by Crippen LogP contribution is 2.17. The molecule has 0 aromatic carbocycles. The summed E-state index contributed by atoms with van der Waals surface area (Å²) in [5, 5.41) is 11.7. The summed E-state index contributed by atoms with van der Waals surface area (Å²) in [6.45, 7) is 2.51. The summed E-state index contributed by atoms with van der Waals surface area (Å²) in [6, 6.07) is 1.64. The van der Waals surface area contributed by atoms with Gasteiger partial charge in [0.15, 0.2) is 5.13 Å². The van der Waals surface area contributed by atoms with Crippen LogP contribution in [0, 0.1) is 6.92 Å². The van der Waals surface area contributed by atoms with Gasteiger partial charge in [-0.05, 0) is 29.3 Å². The fourth-order valence-electron chi connectivity index (χ4n) is 2.27. The van der Waals surface area contributed by atoms with E-state index in [0.717, 1.165) is 5.56 Å². The predicted molar refractivity (Wildman–Crippen MR) is 105 cm³/mol. The number of anilines is 1. The quantitative estimate of drug-likeness (QED) is 0.660. The summed E-state index contributed by atoms with van der Waals surface area (Å²) in [5.41, 5.74) is 2.64. The highest BCUT2D eigenvalue weighted by molar-refractivity contribution is 7.13. The number of rotatable bonds is 6. The van der Waals surface area contributed by atoms with Gasteiger partial charge in [0.05, 0.1) is 17.9 Å². The van der Waals surface area contributed by atoms with E-state index in [2.05, 4.69) is 25.6 Å². The molecular formula is C17H18N6O2S2. The van der Waals surface area contributed by atoms with Crippen LogP contribution in [0.15, 0.2) is 34.6 Å². The van der Waals surface area contributed by atoms with Crippen LogP contribution in [0.1, 0.15) is 27.4 Å². The van der Waals surface area contributed by atoms with Gasteiger partial charge in [0.1, 0.15) is 5.69 Å². The van der Waals surface area contributed by atoms with Gasteiger partial charge < -0.3 is 10.2 Å². The minimum atomic E-state index is -0.318. The molecule has 0 aliphatic heterocycles. The number of carbonyl (C=O) groups excluding carboxylic acids is 2. The van der Waals surface area contributed by atoms with E-state index in [0.29, 0.717) is 35.3 Å². The van der Waals surface area contributed by atoms with Crippen LogP contribution in [-0.4, -0.2) is 38.8 Å². The van der Waals surface area contributed by atoms with Crippen molar-refractivity contribution in [3.8, 4) is 0 Å². The van der Waals surface area contributed by atoms with E-state index >= 15 is 0 Å². The maximum atomic E-state index is 12.5. The van der Waals surface area contributed by atoms with Crippen molar-refractivity contribution < 1.29 is 9.59 Å². The molecule has 10 heteroatoms. The number of carbonyl (C=O) groups is 2. The number of thiophene rings is 1. The number of hydrogen-bond donors (Lipinski definition) is 2. The minimum absolute atomic E-state index is 0.225. The first kappa shape index (κ1) is 18.9. The molecule has 3 rings (SSSR count). The fraction of sp³-hybridized carbons (Fsp3) is 0.235. The van der Waals surface area contributed by atoms with Gasteiger partial charge in [-0.25, -0.2) is 14.8 Å². The molecule has 2 N–H and O–H groups in total. The Bertz CT molecular complexity index is 925. The van der Waals surface area contributed by atoms with Crippen LogP contribution in [0.5, 0.6) is 0 Å². The summed E-state index contributed by atoms with van der Waals surface area (Å²) >= 11 is 2.89. The Kier molecular flexibility index (Phi) is 6.09. The zero-order valence-electron chi connectivity index (χ0n) is 14.8. The van der Waals surface area contributed by atoms with Crippen molar-refractivity contribution in [3.63, 3.8) is 0 Å². The Morgan fingerprint density at radius 2 is 2.04 bits per heavy atom. The molecule has 0 unspecified atom stereocenters. The zero-order valence-corrected chi connectivity index (χ0v) is 16.4. The zero-order chi connectivity index (χ0) is 19.2. The lowest BCUT2D eigenvalue weighted by atomic mass is 10.3. The molecule has 0 fully saturated rings. The van der Waals surface area contributed by atoms with Crippen LogP contribution >= 0.6 is 22.7 Å². The third-order valence-electron chi connectivity index (χ3n) is 3.64. The Morgan fingerprint density at radius 1 is 1.22 bits per heavy atom. The average molecular weight is 403 g/mol. The Balaban J connectivity index is 1.53. The third kappa shape index (κ3) is 5.08. The van der Waals surface area contributed by atoms with E-state index in [1.54, 1.807) is 31.5 Å². The Hall–Kier alpha value is -2.85. The van der Waals surface area contributed by atoms with Gasteiger partial charge in [0, 0.05) is 31.4 Å². The van der Waals surface area contributed by atoms with Crippen molar-refractivity contribution in [1.82, 2.24) is 25.2 Å². The molecule has 0 saturated heterocycles. The van der Waals surface area contributed by atoms with Crippen LogP contribution in [-0.2, 0) is 13.1 Å². The van der Waals surface area contributed by atoms with Gasteiger partial charge in [0.25, 0.3) is 5.91 Å². The molecule has 0 radical (unpaired) electrons. The smallest absolute Gasteiger partial charge is 0.321 e. The number of aromatic nitrogens is 3. The highest BCUT2D eigenvalue weighted by atomic mass is 32.1. The van der Waals surface area contributed by atoms with Gasteiger partial charge in [-0.1, -0.05) is 0 Å². The molecule has 140 valence electrons. The number of amides is 3. The van der Waals surface area contributed by atoms with Gasteiger partial charge in [-0.3, -0.25) is 15.1 Å². The molecule has 0 aliphatic rings. The van der Waals surface area contributed by atoms with Crippen molar-refractivity contribution in [1.29, 1.82) is 0 Å². The summed E-state index contributed by atoms with van der Waals surface area (Å²) in [5.74, 6) is -0.225. The monoisotopic (exact) mass is 402 g/mol. The summed E-state index contributed by atoms with van der Waals surface area (Å²) in [7, 11) is 1.68. The van der Waals surface area contributed by atoms with E-state index in [1.165, 1.54) is 22.4 Å². The first-order valence-corrected chi connectivity index (χ1v) is 9.88. The maximum Gasteiger partial charge on any atom is 0.321 e. The van der Waals surface area contributed by atoms with E-state index in [-0.39, 0.29) is 11.9 Å². The molecular weight excluding hydrogens is 384 g/mol. The summed E-state index contributed by atoms with van der Waals surface area (Å²) < 4.78 is 0. The lowest BCUT2D eigenvalue weighted by Crippen LogP contribution is -2.29. The second kappa shape index (κ2) is 8.69. The second-order valence-corrected chi connectivity index (χ2v) is 7.37. The van der Waals surface area contributed by atoms with Crippen molar-refractivity contribution in [2.75, 3.05) is 12.4 Å². The SMILES string of the molecule is Cc1nccnc1C(=O)N(C)Cc1csc(NC(=O)NCc2ccsc2)n1. The van der Waals surface area contributed by atoms with Gasteiger partial charge in [-0.15, -0.1) is 11.3 Å². The van der Waals surface area contributed by atoms with Gasteiger partial charge >= 0.3 is 6.03 Å². The molecule has 27 heavy (non-hydrogen) atoms. The first-order chi connectivity index (χ1) is 13.0. The van der Waals surface area contributed by atoms with E-state index in [1.807, 2.05) is 22.2 Å². The molecule has 0 saturated carbocycles. The molecule has 3 heterocycles. The highest BCUT2D eigenvalue weighted by Gasteiger charge is 2.17. The molecule has 0 aliphatic carbocycles. The molecule has 8 nitrogen and oxygen atoms in total. The topological polar surface area (TPSA) is 100 Å². The van der Waals surface area contributed by atoms with Crippen molar-refractivity contribution >= 4 is 39.7 Å². The standard InChI is InChI=1S/C17H18N6O2S2/c1-11-14(19-5-4-18-11)15(24)23(2)8-13-10-27-17(21-13)22-16(25)20-7-12-3-6-26-9-12/h3-6,9-10H,7-8H2,1-2H3,(H2,20,21,22,25). The Labute approximate surface area is 164 Å². The van der Waals surface area contributed by atoms with Gasteiger partial charge in [-0.2, -0.15) is 11.3 Å². The maximum absolute atomic E-state index is 12.5. The normalized spacial score (nSPS) is 10.4. The van der Waals surface area contributed by atoms with Crippen LogP contribution in [0.2, 0.25) is 0 Å². The average Bonchev–Trinajstić information content (AvgIpc) is 3.32. The molecule has 3 aromatic rings.